The zero-order chi connectivity index (χ0) is 9.68. The van der Waals surface area contributed by atoms with Gasteiger partial charge in [0.2, 0.25) is 0 Å². The molecule has 0 unspecified atom stereocenters. The normalized spacial score (nSPS) is 9.15. The van der Waals surface area contributed by atoms with Crippen molar-refractivity contribution in [1.82, 2.24) is 0 Å². The van der Waals surface area contributed by atoms with E-state index in [9.17, 15) is 0 Å². The van der Waals surface area contributed by atoms with E-state index in [2.05, 4.69) is 49.4 Å². The van der Waals surface area contributed by atoms with Crippen LogP contribution >= 0.6 is 0 Å². The van der Waals surface area contributed by atoms with E-state index in [0.29, 0.717) is 0 Å². The second-order valence-corrected chi connectivity index (χ2v) is 2.85. The summed E-state index contributed by atoms with van der Waals surface area (Å²) >= 11 is 0. The maximum absolute atomic E-state index is 2.20. The third kappa shape index (κ3) is 2.32. The largest absolute Gasteiger partial charge is 0.0683 e. The summed E-state index contributed by atoms with van der Waals surface area (Å²) in [6.07, 6.45) is 0. The highest BCUT2D eigenvalue weighted by Gasteiger charge is 1.89. The Morgan fingerprint density at radius 1 is 0.846 bits per heavy atom. The van der Waals surface area contributed by atoms with Gasteiger partial charge in [-0.1, -0.05) is 61.9 Å². The number of rotatable bonds is 0. The second kappa shape index (κ2) is 4.66. The fourth-order valence-corrected chi connectivity index (χ4v) is 1.31. The zero-order valence-electron chi connectivity index (χ0n) is 8.54. The molecule has 0 spiro atoms. The van der Waals surface area contributed by atoms with Gasteiger partial charge in [-0.05, 0) is 17.7 Å². The van der Waals surface area contributed by atoms with Crippen LogP contribution in [0.25, 0.3) is 10.8 Å². The minimum atomic E-state index is 0. The smallest absolute Gasteiger partial charge is 0 e. The Kier molecular flexibility index (Phi) is 3.51. The highest BCUT2D eigenvalue weighted by molar-refractivity contribution is 5.82. The molecule has 2 aromatic carbocycles. The van der Waals surface area contributed by atoms with Crippen molar-refractivity contribution < 1.29 is 2.85 Å². The molecule has 0 aliphatic rings. The second-order valence-electron chi connectivity index (χ2n) is 2.85. The molecule has 0 fully saturated rings. The Balaban J connectivity index is 0. The third-order valence-corrected chi connectivity index (χ3v) is 1.90. The average Bonchev–Trinajstić information content (AvgIpc) is 2.21. The van der Waals surface area contributed by atoms with Crippen LogP contribution in [0, 0.1) is 6.92 Å². The summed E-state index contributed by atoms with van der Waals surface area (Å²) in [5.74, 6) is 0. The fraction of sp³-hybridized carbons (Fsp3) is 0.231. The van der Waals surface area contributed by atoms with Gasteiger partial charge in [0.05, 0.1) is 0 Å². The molecule has 0 bridgehead atoms. The fourth-order valence-electron chi connectivity index (χ4n) is 1.31. The van der Waals surface area contributed by atoms with E-state index in [1.54, 1.807) is 0 Å². The van der Waals surface area contributed by atoms with E-state index in [4.69, 9.17) is 0 Å². The monoisotopic (exact) mass is 176 g/mol. The van der Waals surface area contributed by atoms with Crippen LogP contribution in [0.15, 0.2) is 42.5 Å². The lowest BCUT2D eigenvalue weighted by Crippen LogP contribution is -1.73. The summed E-state index contributed by atoms with van der Waals surface area (Å²) in [5.41, 5.74) is 1.32. The average molecular weight is 176 g/mol. The Morgan fingerprint density at radius 3 is 2.15 bits per heavy atom. The van der Waals surface area contributed by atoms with Crippen molar-refractivity contribution >= 4 is 10.8 Å². The molecule has 0 heterocycles. The summed E-state index contributed by atoms with van der Waals surface area (Å²) in [4.78, 5) is 0. The Morgan fingerprint density at radius 2 is 1.46 bits per heavy atom. The Hall–Kier alpha value is -1.30. The molecule has 0 aliphatic heterocycles. The maximum atomic E-state index is 2.20. The van der Waals surface area contributed by atoms with Crippen LogP contribution in [0.2, 0.25) is 0 Å². The van der Waals surface area contributed by atoms with Crippen molar-refractivity contribution in [3.8, 4) is 0 Å². The minimum Gasteiger partial charge on any atom is -0.0683 e. The van der Waals surface area contributed by atoms with Gasteiger partial charge in [-0.3, -0.25) is 0 Å². The molecule has 0 aliphatic carbocycles. The quantitative estimate of drug-likeness (QED) is 0.547. The van der Waals surface area contributed by atoms with Gasteiger partial charge in [0, 0.05) is 2.85 Å². The molecule has 2 rings (SSSR count). The van der Waals surface area contributed by atoms with Crippen LogP contribution in [-0.4, -0.2) is 0 Å². The lowest BCUT2D eigenvalue weighted by atomic mass is 10.1. The first-order valence-electron chi connectivity index (χ1n) is 4.82. The highest BCUT2D eigenvalue weighted by atomic mass is 13.9. The van der Waals surface area contributed by atoms with Gasteiger partial charge in [-0.15, -0.1) is 0 Å². The van der Waals surface area contributed by atoms with Crippen molar-refractivity contribution in [2.24, 2.45) is 0 Å². The zero-order valence-corrected chi connectivity index (χ0v) is 8.54. The molecule has 0 nitrogen and oxygen atoms in total. The van der Waals surface area contributed by atoms with Crippen LogP contribution in [0.1, 0.15) is 22.3 Å². The molecule has 0 aromatic heterocycles. The van der Waals surface area contributed by atoms with Crippen molar-refractivity contribution in [3.05, 3.63) is 48.0 Å². The molecule has 0 atom stereocenters. The van der Waals surface area contributed by atoms with Gasteiger partial charge in [0.25, 0.3) is 0 Å². The number of hydrogen-bond donors (Lipinski definition) is 0. The number of hydrogen-bond acceptors (Lipinski definition) is 0. The van der Waals surface area contributed by atoms with Gasteiger partial charge < -0.3 is 0 Å². The molecular weight excluding hydrogens is 156 g/mol. The molecule has 0 saturated carbocycles. The van der Waals surface area contributed by atoms with Gasteiger partial charge >= 0.3 is 0 Å². The van der Waals surface area contributed by atoms with Gasteiger partial charge in [0.15, 0.2) is 0 Å². The number of aryl methyl sites for hydroxylation is 1. The summed E-state index contributed by atoms with van der Waals surface area (Å²) in [7, 11) is 0. The lowest BCUT2D eigenvalue weighted by molar-refractivity contribution is 1.50. The minimum absolute atomic E-state index is 0. The molecule has 0 heteroatoms. The lowest BCUT2D eigenvalue weighted by Gasteiger charge is -1.96. The molecule has 0 radical (unpaired) electrons. The van der Waals surface area contributed by atoms with Crippen LogP contribution in [-0.2, 0) is 0 Å². The van der Waals surface area contributed by atoms with Gasteiger partial charge in [-0.2, -0.15) is 0 Å². The van der Waals surface area contributed by atoms with Gasteiger partial charge in [-0.25, -0.2) is 0 Å². The van der Waals surface area contributed by atoms with E-state index in [1.807, 2.05) is 13.8 Å². The van der Waals surface area contributed by atoms with Crippen molar-refractivity contribution in [3.63, 3.8) is 0 Å². The van der Waals surface area contributed by atoms with Crippen LogP contribution < -0.4 is 0 Å². The molecule has 0 N–H and O–H groups in total. The van der Waals surface area contributed by atoms with Crippen LogP contribution in [0.5, 0.6) is 0 Å². The summed E-state index contributed by atoms with van der Waals surface area (Å²) < 4.78 is 0. The van der Waals surface area contributed by atoms with E-state index in [-0.39, 0.29) is 2.85 Å². The molecule has 0 amide bonds. The summed E-state index contributed by atoms with van der Waals surface area (Å²) in [6, 6.07) is 14.9. The Bertz CT molecular complexity index is 383. The molecule has 72 valence electrons. The first kappa shape index (κ1) is 9.79. The standard InChI is InChI=1S/C11H10.C2H6.2H2/c1-9-6-7-10-4-2-3-5-11(10)8-9;1-2;;/h2-8H,1H3;1-2H3;2*1H. The van der Waals surface area contributed by atoms with Crippen molar-refractivity contribution in [2.45, 2.75) is 20.8 Å². The molecule has 0 saturated heterocycles. The number of benzene rings is 2. The molecule has 13 heavy (non-hydrogen) atoms. The topological polar surface area (TPSA) is 0 Å². The maximum Gasteiger partial charge on any atom is 0 e. The van der Waals surface area contributed by atoms with E-state index in [1.165, 1.54) is 16.3 Å². The van der Waals surface area contributed by atoms with E-state index in [0.717, 1.165) is 0 Å². The highest BCUT2D eigenvalue weighted by Crippen LogP contribution is 2.14. The first-order chi connectivity index (χ1) is 6.36. The molecular formula is C13H20. The van der Waals surface area contributed by atoms with Crippen LogP contribution in [0.3, 0.4) is 0 Å². The van der Waals surface area contributed by atoms with E-state index < -0.39 is 0 Å². The van der Waals surface area contributed by atoms with Crippen molar-refractivity contribution in [2.75, 3.05) is 0 Å². The van der Waals surface area contributed by atoms with Crippen LogP contribution in [0.4, 0.5) is 0 Å². The summed E-state index contributed by atoms with van der Waals surface area (Å²) in [6.45, 7) is 6.12. The Labute approximate surface area is 83.2 Å². The first-order valence-corrected chi connectivity index (χ1v) is 4.82. The predicted molar refractivity (Wildman–Crippen MR) is 64.3 cm³/mol. The third-order valence-electron chi connectivity index (χ3n) is 1.90. The number of fused-ring (bicyclic) bond motifs is 1. The predicted octanol–water partition coefficient (Wildman–Crippen LogP) is 4.67. The van der Waals surface area contributed by atoms with Crippen molar-refractivity contribution in [1.29, 1.82) is 0 Å². The van der Waals surface area contributed by atoms with E-state index >= 15 is 0 Å². The van der Waals surface area contributed by atoms with Gasteiger partial charge in [0.1, 0.15) is 0 Å². The summed E-state index contributed by atoms with van der Waals surface area (Å²) in [5, 5.41) is 2.64. The SMILES string of the molecule is CC.Cc1ccc2ccccc2c1.[HH].[HH]. The molecule has 2 aromatic rings.